The average molecular weight is 262 g/mol. The Morgan fingerprint density at radius 1 is 1.37 bits per heavy atom. The van der Waals surface area contributed by atoms with Crippen LogP contribution in [-0.4, -0.2) is 23.6 Å². The number of hydrogen-bond donors (Lipinski definition) is 3. The van der Waals surface area contributed by atoms with Crippen molar-refractivity contribution in [2.45, 2.75) is 44.7 Å². The third-order valence-electron chi connectivity index (χ3n) is 3.37. The minimum absolute atomic E-state index is 0.168. The normalized spacial score (nSPS) is 16.1. The van der Waals surface area contributed by atoms with Crippen molar-refractivity contribution in [1.82, 2.24) is 10.6 Å². The maximum absolute atomic E-state index is 11.5. The van der Waals surface area contributed by atoms with Gasteiger partial charge in [0.2, 0.25) is 5.91 Å². The molecule has 0 radical (unpaired) electrons. The van der Waals surface area contributed by atoms with Gasteiger partial charge in [0, 0.05) is 18.5 Å². The standard InChI is InChI=1S/C15H22N2O2/c1-11(12-4-8-14(18)9-5-12)16-10-2-3-15(19)17-13-6-7-13/h4-5,8-9,11,13,16,18H,2-3,6-7,10H2,1H3,(H,17,19). The molecule has 1 fully saturated rings. The lowest BCUT2D eigenvalue weighted by atomic mass is 10.1. The van der Waals surface area contributed by atoms with Gasteiger partial charge in [0.05, 0.1) is 0 Å². The zero-order chi connectivity index (χ0) is 13.7. The number of carbonyl (C=O) groups is 1. The summed E-state index contributed by atoms with van der Waals surface area (Å²) in [7, 11) is 0. The molecule has 3 N–H and O–H groups in total. The van der Waals surface area contributed by atoms with Crippen LogP contribution < -0.4 is 10.6 Å². The van der Waals surface area contributed by atoms with Crippen LogP contribution in [0.4, 0.5) is 0 Å². The van der Waals surface area contributed by atoms with E-state index in [0.29, 0.717) is 12.5 Å². The molecule has 0 bridgehead atoms. The number of phenols is 1. The number of amides is 1. The van der Waals surface area contributed by atoms with E-state index >= 15 is 0 Å². The maximum Gasteiger partial charge on any atom is 0.220 e. The second-order valence-corrected chi connectivity index (χ2v) is 5.21. The third-order valence-corrected chi connectivity index (χ3v) is 3.37. The van der Waals surface area contributed by atoms with Crippen LogP contribution >= 0.6 is 0 Å². The van der Waals surface area contributed by atoms with Crippen LogP contribution in [0.3, 0.4) is 0 Å². The molecule has 1 atom stereocenters. The van der Waals surface area contributed by atoms with E-state index in [1.54, 1.807) is 12.1 Å². The number of carbonyl (C=O) groups excluding carboxylic acids is 1. The van der Waals surface area contributed by atoms with E-state index in [9.17, 15) is 9.90 Å². The molecule has 0 aromatic heterocycles. The summed E-state index contributed by atoms with van der Waals surface area (Å²) in [6.45, 7) is 2.90. The molecule has 19 heavy (non-hydrogen) atoms. The highest BCUT2D eigenvalue weighted by Crippen LogP contribution is 2.19. The molecular formula is C15H22N2O2. The summed E-state index contributed by atoms with van der Waals surface area (Å²) in [5.41, 5.74) is 1.14. The summed E-state index contributed by atoms with van der Waals surface area (Å²) < 4.78 is 0. The number of nitrogens with one attached hydrogen (secondary N) is 2. The molecule has 1 aliphatic carbocycles. The first-order chi connectivity index (χ1) is 9.15. The van der Waals surface area contributed by atoms with Crippen molar-refractivity contribution < 1.29 is 9.90 Å². The molecule has 1 saturated carbocycles. The topological polar surface area (TPSA) is 61.4 Å². The zero-order valence-electron chi connectivity index (χ0n) is 11.4. The molecule has 1 aromatic rings. The molecule has 1 unspecified atom stereocenters. The van der Waals surface area contributed by atoms with E-state index < -0.39 is 0 Å². The van der Waals surface area contributed by atoms with Crippen molar-refractivity contribution in [2.75, 3.05) is 6.54 Å². The molecular weight excluding hydrogens is 240 g/mol. The fraction of sp³-hybridized carbons (Fsp3) is 0.533. The number of aromatic hydroxyl groups is 1. The first kappa shape index (κ1) is 13.9. The van der Waals surface area contributed by atoms with Crippen LogP contribution in [0.5, 0.6) is 5.75 Å². The quantitative estimate of drug-likeness (QED) is 0.659. The van der Waals surface area contributed by atoms with Crippen LogP contribution in [0.2, 0.25) is 0 Å². The van der Waals surface area contributed by atoms with Gasteiger partial charge in [-0.1, -0.05) is 12.1 Å². The van der Waals surface area contributed by atoms with Gasteiger partial charge in [-0.3, -0.25) is 4.79 Å². The predicted molar refractivity (Wildman–Crippen MR) is 74.9 cm³/mol. The van der Waals surface area contributed by atoms with Crippen molar-refractivity contribution >= 4 is 5.91 Å². The Bertz CT molecular complexity index is 413. The molecule has 0 aliphatic heterocycles. The highest BCUT2D eigenvalue weighted by atomic mass is 16.3. The van der Waals surface area contributed by atoms with Gasteiger partial charge in [0.15, 0.2) is 0 Å². The fourth-order valence-corrected chi connectivity index (χ4v) is 1.98. The summed E-state index contributed by atoms with van der Waals surface area (Å²) in [5.74, 6) is 0.453. The van der Waals surface area contributed by atoms with Gasteiger partial charge in [-0.2, -0.15) is 0 Å². The van der Waals surface area contributed by atoms with E-state index in [4.69, 9.17) is 0 Å². The van der Waals surface area contributed by atoms with E-state index in [0.717, 1.165) is 31.4 Å². The van der Waals surface area contributed by atoms with E-state index in [2.05, 4.69) is 17.6 Å². The van der Waals surface area contributed by atoms with Gasteiger partial charge in [0.1, 0.15) is 5.75 Å². The van der Waals surface area contributed by atoms with Crippen LogP contribution in [0.15, 0.2) is 24.3 Å². The van der Waals surface area contributed by atoms with Crippen LogP contribution in [0.25, 0.3) is 0 Å². The monoisotopic (exact) mass is 262 g/mol. The first-order valence-corrected chi connectivity index (χ1v) is 6.97. The lowest BCUT2D eigenvalue weighted by Gasteiger charge is -2.14. The van der Waals surface area contributed by atoms with Crippen LogP contribution in [0.1, 0.15) is 44.2 Å². The summed E-state index contributed by atoms with van der Waals surface area (Å²) in [5, 5.41) is 15.6. The number of hydrogen-bond acceptors (Lipinski definition) is 3. The number of benzene rings is 1. The van der Waals surface area contributed by atoms with Crippen molar-refractivity contribution in [1.29, 1.82) is 0 Å². The summed E-state index contributed by atoms with van der Waals surface area (Å²) >= 11 is 0. The van der Waals surface area contributed by atoms with Gasteiger partial charge in [-0.15, -0.1) is 0 Å². The summed E-state index contributed by atoms with van der Waals surface area (Å²) in [6.07, 6.45) is 3.72. The Kier molecular flexibility index (Phi) is 4.80. The summed E-state index contributed by atoms with van der Waals surface area (Å²) in [6, 6.07) is 7.88. The van der Waals surface area contributed by atoms with E-state index in [-0.39, 0.29) is 17.7 Å². The average Bonchev–Trinajstić information content (AvgIpc) is 3.19. The van der Waals surface area contributed by atoms with Gasteiger partial charge in [-0.25, -0.2) is 0 Å². The Morgan fingerprint density at radius 3 is 2.68 bits per heavy atom. The van der Waals surface area contributed by atoms with Gasteiger partial charge >= 0.3 is 0 Å². The van der Waals surface area contributed by atoms with E-state index in [1.165, 1.54) is 0 Å². The number of phenolic OH excluding ortho intramolecular Hbond substituents is 1. The van der Waals surface area contributed by atoms with Gasteiger partial charge in [0.25, 0.3) is 0 Å². The molecule has 0 saturated heterocycles. The van der Waals surface area contributed by atoms with Crippen molar-refractivity contribution in [2.24, 2.45) is 0 Å². The van der Waals surface area contributed by atoms with Gasteiger partial charge in [-0.05, 0) is 50.4 Å². The molecule has 0 heterocycles. The number of rotatable bonds is 7. The van der Waals surface area contributed by atoms with Crippen LogP contribution in [0, 0.1) is 0 Å². The molecule has 1 amide bonds. The second kappa shape index (κ2) is 6.57. The Balaban J connectivity index is 1.61. The second-order valence-electron chi connectivity index (χ2n) is 5.21. The maximum atomic E-state index is 11.5. The molecule has 1 aromatic carbocycles. The smallest absolute Gasteiger partial charge is 0.220 e. The van der Waals surface area contributed by atoms with Crippen molar-refractivity contribution in [3.8, 4) is 5.75 Å². The Labute approximate surface area is 114 Å². The van der Waals surface area contributed by atoms with Gasteiger partial charge < -0.3 is 15.7 Å². The zero-order valence-corrected chi connectivity index (χ0v) is 11.4. The van der Waals surface area contributed by atoms with Crippen molar-refractivity contribution in [3.63, 3.8) is 0 Å². The molecule has 1 aliphatic rings. The van der Waals surface area contributed by atoms with E-state index in [1.807, 2.05) is 12.1 Å². The molecule has 2 rings (SSSR count). The Morgan fingerprint density at radius 2 is 2.05 bits per heavy atom. The molecule has 104 valence electrons. The van der Waals surface area contributed by atoms with Crippen molar-refractivity contribution in [3.05, 3.63) is 29.8 Å². The predicted octanol–water partition coefficient (Wildman–Crippen LogP) is 2.10. The Hall–Kier alpha value is -1.55. The SMILES string of the molecule is CC(NCCCC(=O)NC1CC1)c1ccc(O)cc1. The molecule has 4 heteroatoms. The third kappa shape index (κ3) is 4.91. The molecule has 0 spiro atoms. The first-order valence-electron chi connectivity index (χ1n) is 6.97. The fourth-order valence-electron chi connectivity index (χ4n) is 1.98. The lowest BCUT2D eigenvalue weighted by Crippen LogP contribution is -2.27. The minimum atomic E-state index is 0.168. The highest BCUT2D eigenvalue weighted by Gasteiger charge is 2.22. The lowest BCUT2D eigenvalue weighted by molar-refractivity contribution is -0.121. The van der Waals surface area contributed by atoms with Crippen LogP contribution in [-0.2, 0) is 4.79 Å². The highest BCUT2D eigenvalue weighted by molar-refractivity contribution is 5.76. The molecule has 4 nitrogen and oxygen atoms in total. The summed E-state index contributed by atoms with van der Waals surface area (Å²) in [4.78, 5) is 11.5. The largest absolute Gasteiger partial charge is 0.508 e. The minimum Gasteiger partial charge on any atom is -0.508 e.